The fourth-order valence-electron chi connectivity index (χ4n) is 2.10. The Hall–Kier alpha value is -0.930. The Balaban J connectivity index is 3.08. The van der Waals surface area contributed by atoms with Crippen molar-refractivity contribution in [3.05, 3.63) is 28.8 Å². The van der Waals surface area contributed by atoms with Crippen molar-refractivity contribution in [2.75, 3.05) is 12.4 Å². The summed E-state index contributed by atoms with van der Waals surface area (Å²) in [5.74, 6) is 0.219. The molecule has 0 aliphatic carbocycles. The number of carbonyl (C=O) groups excluding carboxylic acids is 1. The van der Waals surface area contributed by atoms with E-state index in [1.54, 1.807) is 4.90 Å². The summed E-state index contributed by atoms with van der Waals surface area (Å²) in [5, 5.41) is 9.84. The number of benzene rings is 1. The monoisotopic (exact) mass is 303 g/mol. The normalized spacial score (nSPS) is 10.8. The lowest BCUT2D eigenvalue weighted by Gasteiger charge is -2.30. The molecule has 0 unspecified atom stereocenters. The first-order valence-corrected chi connectivity index (χ1v) is 7.31. The van der Waals surface area contributed by atoms with Crippen LogP contribution in [0.2, 0.25) is 5.02 Å². The molecule has 1 rings (SSSR count). The third-order valence-corrected chi connectivity index (χ3v) is 3.65. The van der Waals surface area contributed by atoms with Crippen LogP contribution in [0.15, 0.2) is 18.2 Å². The maximum Gasteiger partial charge on any atom is 0.255 e. The SMILES string of the molecule is CCC(CC)N(CCCl)C(=O)c1cc(O)ccc1Cl. The van der Waals surface area contributed by atoms with Gasteiger partial charge in [-0.05, 0) is 31.0 Å². The molecule has 0 fully saturated rings. The highest BCUT2D eigenvalue weighted by molar-refractivity contribution is 6.33. The van der Waals surface area contributed by atoms with Gasteiger partial charge in [0.1, 0.15) is 5.75 Å². The molecule has 1 aromatic rings. The average Bonchev–Trinajstić information content (AvgIpc) is 2.41. The molecular weight excluding hydrogens is 285 g/mol. The Labute approximate surface area is 124 Å². The Morgan fingerprint density at radius 2 is 2.00 bits per heavy atom. The molecule has 0 atom stereocenters. The summed E-state index contributed by atoms with van der Waals surface area (Å²) in [6.07, 6.45) is 1.71. The van der Waals surface area contributed by atoms with Gasteiger partial charge in [0.25, 0.3) is 5.91 Å². The minimum absolute atomic E-state index is 0.0307. The van der Waals surface area contributed by atoms with E-state index in [4.69, 9.17) is 23.2 Å². The number of carbonyl (C=O) groups is 1. The highest BCUT2D eigenvalue weighted by atomic mass is 35.5. The van der Waals surface area contributed by atoms with E-state index in [9.17, 15) is 9.90 Å². The minimum atomic E-state index is -0.185. The number of rotatable bonds is 6. The number of phenols is 1. The zero-order valence-electron chi connectivity index (χ0n) is 11.2. The van der Waals surface area contributed by atoms with Crippen molar-refractivity contribution in [3.63, 3.8) is 0 Å². The zero-order chi connectivity index (χ0) is 14.4. The number of hydrogen-bond donors (Lipinski definition) is 1. The van der Waals surface area contributed by atoms with Crippen LogP contribution < -0.4 is 0 Å². The van der Waals surface area contributed by atoms with Crippen molar-refractivity contribution in [1.29, 1.82) is 0 Å². The van der Waals surface area contributed by atoms with Gasteiger partial charge in [-0.2, -0.15) is 0 Å². The predicted octanol–water partition coefficient (Wildman–Crippen LogP) is 3.92. The molecule has 19 heavy (non-hydrogen) atoms. The van der Waals surface area contributed by atoms with Crippen molar-refractivity contribution >= 4 is 29.1 Å². The summed E-state index contributed by atoms with van der Waals surface area (Å²) in [5.41, 5.74) is 0.318. The van der Waals surface area contributed by atoms with E-state index in [1.165, 1.54) is 18.2 Å². The van der Waals surface area contributed by atoms with E-state index in [0.717, 1.165) is 12.8 Å². The number of halogens is 2. The van der Waals surface area contributed by atoms with Crippen LogP contribution in [-0.4, -0.2) is 34.4 Å². The van der Waals surface area contributed by atoms with Crippen LogP contribution in [0.5, 0.6) is 5.75 Å². The van der Waals surface area contributed by atoms with Gasteiger partial charge in [0.05, 0.1) is 10.6 Å². The van der Waals surface area contributed by atoms with Crippen molar-refractivity contribution in [2.45, 2.75) is 32.7 Å². The second-order valence-electron chi connectivity index (χ2n) is 4.32. The van der Waals surface area contributed by atoms with E-state index >= 15 is 0 Å². The van der Waals surface area contributed by atoms with Gasteiger partial charge in [-0.25, -0.2) is 0 Å². The topological polar surface area (TPSA) is 40.5 Å². The van der Waals surface area contributed by atoms with Gasteiger partial charge in [0.15, 0.2) is 0 Å². The first kappa shape index (κ1) is 16.1. The number of hydrogen-bond acceptors (Lipinski definition) is 2. The van der Waals surface area contributed by atoms with E-state index in [0.29, 0.717) is 23.0 Å². The molecular formula is C14H19Cl2NO2. The molecule has 0 aliphatic heterocycles. The summed E-state index contributed by atoms with van der Waals surface area (Å²) >= 11 is 11.8. The van der Waals surface area contributed by atoms with Gasteiger partial charge < -0.3 is 10.0 Å². The third kappa shape index (κ3) is 4.02. The lowest BCUT2D eigenvalue weighted by molar-refractivity contribution is 0.0681. The molecule has 1 N–H and O–H groups in total. The Kier molecular flexibility index (Phi) is 6.46. The Morgan fingerprint density at radius 1 is 1.37 bits per heavy atom. The molecule has 3 nitrogen and oxygen atoms in total. The maximum atomic E-state index is 12.5. The zero-order valence-corrected chi connectivity index (χ0v) is 12.7. The minimum Gasteiger partial charge on any atom is -0.508 e. The quantitative estimate of drug-likeness (QED) is 0.809. The molecule has 106 valence electrons. The molecule has 1 amide bonds. The van der Waals surface area contributed by atoms with E-state index in [1.807, 2.05) is 13.8 Å². The highest BCUT2D eigenvalue weighted by Crippen LogP contribution is 2.24. The van der Waals surface area contributed by atoms with Gasteiger partial charge in [-0.15, -0.1) is 11.6 Å². The fourth-order valence-corrected chi connectivity index (χ4v) is 2.48. The lowest BCUT2D eigenvalue weighted by atomic mass is 10.1. The van der Waals surface area contributed by atoms with Crippen molar-refractivity contribution in [1.82, 2.24) is 4.90 Å². The largest absolute Gasteiger partial charge is 0.508 e. The summed E-state index contributed by atoms with van der Waals surface area (Å²) in [4.78, 5) is 14.3. The molecule has 1 aromatic carbocycles. The van der Waals surface area contributed by atoms with Crippen molar-refractivity contribution in [3.8, 4) is 5.75 Å². The van der Waals surface area contributed by atoms with Gasteiger partial charge in [-0.1, -0.05) is 25.4 Å². The van der Waals surface area contributed by atoms with E-state index in [-0.39, 0.29) is 17.7 Å². The molecule has 0 heterocycles. The second-order valence-corrected chi connectivity index (χ2v) is 5.11. The fraction of sp³-hybridized carbons (Fsp3) is 0.500. The smallest absolute Gasteiger partial charge is 0.255 e. The van der Waals surface area contributed by atoms with Gasteiger partial charge >= 0.3 is 0 Å². The Morgan fingerprint density at radius 3 is 2.53 bits per heavy atom. The van der Waals surface area contributed by atoms with Gasteiger partial charge in [0.2, 0.25) is 0 Å². The van der Waals surface area contributed by atoms with Crippen LogP contribution in [0, 0.1) is 0 Å². The van der Waals surface area contributed by atoms with Gasteiger partial charge in [-0.3, -0.25) is 4.79 Å². The standard InChI is InChI=1S/C14H19Cl2NO2/c1-3-10(4-2)17(8-7-15)14(19)12-9-11(18)5-6-13(12)16/h5-6,9-10,18H,3-4,7-8H2,1-2H3. The first-order chi connectivity index (χ1) is 9.04. The number of alkyl halides is 1. The maximum absolute atomic E-state index is 12.5. The molecule has 0 aliphatic rings. The molecule has 0 saturated heterocycles. The average molecular weight is 304 g/mol. The molecule has 0 bridgehead atoms. The molecule has 0 saturated carbocycles. The third-order valence-electron chi connectivity index (χ3n) is 3.15. The second kappa shape index (κ2) is 7.61. The summed E-state index contributed by atoms with van der Waals surface area (Å²) in [6.45, 7) is 4.54. The number of phenolic OH excluding ortho intramolecular Hbond substituents is 1. The van der Waals surface area contributed by atoms with Crippen LogP contribution in [0.4, 0.5) is 0 Å². The van der Waals surface area contributed by atoms with Crippen LogP contribution in [0.3, 0.4) is 0 Å². The summed E-state index contributed by atoms with van der Waals surface area (Å²) in [6, 6.07) is 4.51. The molecule has 0 aromatic heterocycles. The van der Waals surface area contributed by atoms with Crippen LogP contribution in [0.25, 0.3) is 0 Å². The van der Waals surface area contributed by atoms with Crippen LogP contribution >= 0.6 is 23.2 Å². The van der Waals surface area contributed by atoms with Crippen LogP contribution in [0.1, 0.15) is 37.0 Å². The number of nitrogens with zero attached hydrogens (tertiary/aromatic N) is 1. The van der Waals surface area contributed by atoms with Crippen molar-refractivity contribution in [2.24, 2.45) is 0 Å². The molecule has 0 spiro atoms. The Bertz CT molecular complexity index is 433. The molecule has 0 radical (unpaired) electrons. The summed E-state index contributed by atoms with van der Waals surface area (Å²) in [7, 11) is 0. The van der Waals surface area contributed by atoms with E-state index < -0.39 is 0 Å². The lowest BCUT2D eigenvalue weighted by Crippen LogP contribution is -2.41. The predicted molar refractivity (Wildman–Crippen MR) is 79.2 cm³/mol. The van der Waals surface area contributed by atoms with Crippen molar-refractivity contribution < 1.29 is 9.90 Å². The number of aromatic hydroxyl groups is 1. The number of amides is 1. The van der Waals surface area contributed by atoms with Crippen LogP contribution in [-0.2, 0) is 0 Å². The first-order valence-electron chi connectivity index (χ1n) is 6.40. The molecule has 5 heteroatoms. The van der Waals surface area contributed by atoms with E-state index in [2.05, 4.69) is 0 Å². The summed E-state index contributed by atoms with van der Waals surface area (Å²) < 4.78 is 0. The highest BCUT2D eigenvalue weighted by Gasteiger charge is 2.23. The van der Waals surface area contributed by atoms with Gasteiger partial charge in [0, 0.05) is 18.5 Å².